The number of carboxylic acids is 1. The minimum atomic E-state index is -1.35. The van der Waals surface area contributed by atoms with Crippen LogP contribution in [0.2, 0.25) is 0 Å². The first-order valence-corrected chi connectivity index (χ1v) is 11.8. The average Bonchev–Trinajstić information content (AvgIpc) is 3.45. The quantitative estimate of drug-likeness (QED) is 0.285. The first-order chi connectivity index (χ1) is 16.2. The number of hydrogen-bond donors (Lipinski definition) is 5. The highest BCUT2D eigenvalue weighted by Gasteiger charge is 2.24. The molecule has 10 nitrogen and oxygen atoms in total. The molecule has 0 aliphatic carbocycles. The van der Waals surface area contributed by atoms with E-state index in [1.165, 1.54) is 11.3 Å². The Bertz CT molecular complexity index is 1190. The van der Waals surface area contributed by atoms with Gasteiger partial charge in [0.15, 0.2) is 5.13 Å². The van der Waals surface area contributed by atoms with Crippen LogP contribution in [0.4, 0.5) is 5.13 Å². The van der Waals surface area contributed by atoms with Crippen molar-refractivity contribution in [2.45, 2.75) is 25.8 Å². The molecule has 0 aliphatic rings. The van der Waals surface area contributed by atoms with Gasteiger partial charge in [-0.05, 0) is 42.5 Å². The second-order valence-electron chi connectivity index (χ2n) is 7.20. The van der Waals surface area contributed by atoms with Crippen molar-refractivity contribution in [1.29, 1.82) is 0 Å². The fourth-order valence-electron chi connectivity index (χ4n) is 2.93. The Morgan fingerprint density at radius 2 is 1.91 bits per heavy atom. The van der Waals surface area contributed by atoms with Crippen LogP contribution >= 0.6 is 22.7 Å². The van der Waals surface area contributed by atoms with Gasteiger partial charge in [0.25, 0.3) is 11.8 Å². The maximum absolute atomic E-state index is 12.6. The zero-order chi connectivity index (χ0) is 24.7. The number of carbonyl (C=O) groups excluding carboxylic acids is 3. The van der Waals surface area contributed by atoms with E-state index in [0.29, 0.717) is 17.0 Å². The number of aromatic nitrogens is 1. The number of carboxylic acid groups (broad SMARTS) is 1. The predicted octanol–water partition coefficient (Wildman–Crippen LogP) is 2.40. The van der Waals surface area contributed by atoms with Gasteiger partial charge >= 0.3 is 5.97 Å². The van der Waals surface area contributed by atoms with Crippen LogP contribution in [0.5, 0.6) is 5.75 Å². The second kappa shape index (κ2) is 11.4. The van der Waals surface area contributed by atoms with Gasteiger partial charge < -0.3 is 26.2 Å². The Morgan fingerprint density at radius 1 is 1.12 bits per heavy atom. The number of carbonyl (C=O) groups is 4. The van der Waals surface area contributed by atoms with Crippen LogP contribution in [0, 0.1) is 6.92 Å². The van der Waals surface area contributed by atoms with Crippen molar-refractivity contribution in [3.63, 3.8) is 0 Å². The first-order valence-electron chi connectivity index (χ1n) is 10.1. The van der Waals surface area contributed by atoms with Gasteiger partial charge in [-0.25, -0.2) is 9.78 Å². The van der Waals surface area contributed by atoms with Crippen molar-refractivity contribution in [3.8, 4) is 5.75 Å². The summed E-state index contributed by atoms with van der Waals surface area (Å²) in [6.07, 6.45) is 0.560. The van der Waals surface area contributed by atoms with E-state index in [0.717, 1.165) is 16.9 Å². The maximum atomic E-state index is 12.6. The third kappa shape index (κ3) is 6.86. The summed E-state index contributed by atoms with van der Waals surface area (Å²) < 4.78 is 0. The highest BCUT2D eigenvalue weighted by Crippen LogP contribution is 2.23. The lowest BCUT2D eigenvalue weighted by atomic mass is 10.1. The number of thiazole rings is 1. The van der Waals surface area contributed by atoms with Crippen LogP contribution < -0.4 is 16.0 Å². The normalized spacial score (nSPS) is 11.4. The number of amides is 3. The van der Waals surface area contributed by atoms with E-state index in [4.69, 9.17) is 0 Å². The van der Waals surface area contributed by atoms with Crippen molar-refractivity contribution in [1.82, 2.24) is 15.6 Å². The van der Waals surface area contributed by atoms with Crippen molar-refractivity contribution < 1.29 is 29.4 Å². The molecule has 5 N–H and O–H groups in total. The Hall–Kier alpha value is -3.77. The molecular weight excluding hydrogens is 480 g/mol. The molecule has 0 bridgehead atoms. The largest absolute Gasteiger partial charge is 0.508 e. The molecule has 1 atom stereocenters. The lowest BCUT2D eigenvalue weighted by molar-refractivity contribution is -0.139. The number of phenolic OH excluding ortho intramolecular Hbond substituents is 1. The molecule has 34 heavy (non-hydrogen) atoms. The molecule has 12 heteroatoms. The van der Waals surface area contributed by atoms with E-state index in [1.807, 2.05) is 0 Å². The van der Waals surface area contributed by atoms with Gasteiger partial charge in [0.05, 0.1) is 10.6 Å². The van der Waals surface area contributed by atoms with Crippen LogP contribution in [-0.2, 0) is 16.0 Å². The number of phenols is 1. The number of benzene rings is 1. The van der Waals surface area contributed by atoms with E-state index >= 15 is 0 Å². The molecule has 0 saturated heterocycles. The SMILES string of the molecule is Cc1nc(NC(=O)CCc2cccc(O)c2)sc1C(=O)NC(CNC(=O)c1cccs1)C(=O)O. The van der Waals surface area contributed by atoms with Crippen LogP contribution in [0.25, 0.3) is 0 Å². The summed E-state index contributed by atoms with van der Waals surface area (Å²) in [5.41, 5.74) is 1.13. The van der Waals surface area contributed by atoms with Crippen molar-refractivity contribution in [2.24, 2.45) is 0 Å². The van der Waals surface area contributed by atoms with E-state index in [-0.39, 0.29) is 34.6 Å². The summed E-state index contributed by atoms with van der Waals surface area (Å²) in [6.45, 7) is 1.27. The van der Waals surface area contributed by atoms with E-state index in [1.54, 1.807) is 48.7 Å². The average molecular weight is 503 g/mol. The van der Waals surface area contributed by atoms with Gasteiger partial charge in [0.2, 0.25) is 5.91 Å². The van der Waals surface area contributed by atoms with Gasteiger partial charge in [-0.2, -0.15) is 0 Å². The zero-order valence-corrected chi connectivity index (χ0v) is 19.7. The minimum absolute atomic E-state index is 0.120. The number of aromatic hydroxyl groups is 1. The summed E-state index contributed by atoms with van der Waals surface area (Å²) in [4.78, 5) is 53.3. The number of rotatable bonds is 10. The number of nitrogens with one attached hydrogen (secondary N) is 3. The van der Waals surface area contributed by atoms with E-state index < -0.39 is 23.8 Å². The van der Waals surface area contributed by atoms with Gasteiger partial charge in [0.1, 0.15) is 16.7 Å². The number of anilines is 1. The van der Waals surface area contributed by atoms with Crippen LogP contribution in [-0.4, -0.2) is 51.5 Å². The third-order valence-corrected chi connectivity index (χ3v) is 6.56. The monoisotopic (exact) mass is 502 g/mol. The predicted molar refractivity (Wildman–Crippen MR) is 127 cm³/mol. The summed E-state index contributed by atoms with van der Waals surface area (Å²) >= 11 is 2.14. The standard InChI is InChI=1S/C22H22N4O6S2/c1-12-18(20(30)25-15(21(31)32)11-23-19(29)16-6-3-9-33-16)34-22(24-12)26-17(28)8-7-13-4-2-5-14(27)10-13/h2-6,9-10,15,27H,7-8,11H2,1H3,(H,23,29)(H,25,30)(H,31,32)(H,24,26,28). The van der Waals surface area contributed by atoms with Crippen LogP contribution in [0.3, 0.4) is 0 Å². The van der Waals surface area contributed by atoms with Crippen LogP contribution in [0.1, 0.15) is 37.0 Å². The summed E-state index contributed by atoms with van der Waals surface area (Å²) in [7, 11) is 0. The fourth-order valence-corrected chi connectivity index (χ4v) is 4.45. The molecule has 1 unspecified atom stereocenters. The second-order valence-corrected chi connectivity index (χ2v) is 9.15. The first kappa shape index (κ1) is 24.9. The molecule has 2 heterocycles. The van der Waals surface area contributed by atoms with Gasteiger partial charge in [0, 0.05) is 13.0 Å². The van der Waals surface area contributed by atoms with Gasteiger partial charge in [-0.1, -0.05) is 29.5 Å². The minimum Gasteiger partial charge on any atom is -0.508 e. The molecule has 1 aromatic carbocycles. The molecule has 3 aromatic rings. The summed E-state index contributed by atoms with van der Waals surface area (Å²) in [5, 5.41) is 28.4. The lowest BCUT2D eigenvalue weighted by Crippen LogP contribution is -2.48. The zero-order valence-electron chi connectivity index (χ0n) is 18.0. The van der Waals surface area contributed by atoms with Crippen molar-refractivity contribution >= 4 is 51.5 Å². The molecule has 3 amide bonds. The number of thiophene rings is 1. The summed E-state index contributed by atoms with van der Waals surface area (Å²) in [6, 6.07) is 8.56. The highest BCUT2D eigenvalue weighted by molar-refractivity contribution is 7.17. The molecule has 3 rings (SSSR count). The number of aliphatic carboxylic acids is 1. The van der Waals surface area contributed by atoms with E-state index in [9.17, 15) is 29.4 Å². The number of nitrogens with zero attached hydrogens (tertiary/aromatic N) is 1. The molecule has 0 radical (unpaired) electrons. The third-order valence-electron chi connectivity index (χ3n) is 4.62. The van der Waals surface area contributed by atoms with Crippen molar-refractivity contribution in [2.75, 3.05) is 11.9 Å². The molecule has 0 fully saturated rings. The maximum Gasteiger partial charge on any atom is 0.328 e. The van der Waals surface area contributed by atoms with Crippen LogP contribution in [0.15, 0.2) is 41.8 Å². The molecule has 2 aromatic heterocycles. The smallest absolute Gasteiger partial charge is 0.328 e. The lowest BCUT2D eigenvalue weighted by Gasteiger charge is -2.14. The molecule has 178 valence electrons. The number of hydrogen-bond acceptors (Lipinski definition) is 8. The molecule has 0 spiro atoms. The highest BCUT2D eigenvalue weighted by atomic mass is 32.1. The Labute approximate surface area is 202 Å². The Balaban J connectivity index is 1.55. The Kier molecular flexibility index (Phi) is 8.33. The molecule has 0 aliphatic heterocycles. The van der Waals surface area contributed by atoms with Gasteiger partial charge in [-0.15, -0.1) is 11.3 Å². The van der Waals surface area contributed by atoms with E-state index in [2.05, 4.69) is 20.9 Å². The topological polar surface area (TPSA) is 158 Å². The molecule has 0 saturated carbocycles. The van der Waals surface area contributed by atoms with Gasteiger partial charge in [-0.3, -0.25) is 14.4 Å². The Morgan fingerprint density at radius 3 is 2.59 bits per heavy atom. The fraction of sp³-hybridized carbons (Fsp3) is 0.227. The number of aryl methyl sites for hydroxylation is 2. The summed E-state index contributed by atoms with van der Waals surface area (Å²) in [5.74, 6) is -2.60. The van der Waals surface area contributed by atoms with Crippen molar-refractivity contribution in [3.05, 3.63) is 62.8 Å². The molecular formula is C22H22N4O6S2.